The number of rotatable bonds is 9. The van der Waals surface area contributed by atoms with Gasteiger partial charge in [-0.05, 0) is 48.4 Å². The molecule has 2 N–H and O–H groups in total. The van der Waals surface area contributed by atoms with Crippen LogP contribution in [-0.2, 0) is 16.8 Å². The van der Waals surface area contributed by atoms with E-state index in [1.54, 1.807) is 6.07 Å². The molecule has 2 heterocycles. The molecule has 0 spiro atoms. The molecule has 0 fully saturated rings. The molecule has 4 aromatic rings. The highest BCUT2D eigenvalue weighted by atomic mass is 35.5. The average Bonchev–Trinajstić information content (AvgIpc) is 3.52. The Kier molecular flexibility index (Phi) is 7.07. The zero-order valence-electron chi connectivity index (χ0n) is 18.2. The van der Waals surface area contributed by atoms with Gasteiger partial charge < -0.3 is 10.4 Å². The van der Waals surface area contributed by atoms with Crippen molar-refractivity contribution < 1.29 is 14.3 Å². The summed E-state index contributed by atoms with van der Waals surface area (Å²) in [7, 11) is 0. The molecule has 8 heteroatoms. The van der Waals surface area contributed by atoms with Crippen LogP contribution in [0.15, 0.2) is 72.8 Å². The molecule has 1 aliphatic rings. The molecular weight excluding hydrogens is 473 g/mol. The average molecular weight is 496 g/mol. The van der Waals surface area contributed by atoms with Gasteiger partial charge in [0.15, 0.2) is 0 Å². The van der Waals surface area contributed by atoms with Crippen molar-refractivity contribution in [3.63, 3.8) is 0 Å². The second-order valence-corrected chi connectivity index (χ2v) is 9.07. The van der Waals surface area contributed by atoms with Crippen LogP contribution in [0.4, 0.5) is 4.39 Å². The summed E-state index contributed by atoms with van der Waals surface area (Å²) in [5.41, 5.74) is 3.88. The van der Waals surface area contributed by atoms with Gasteiger partial charge in [0, 0.05) is 18.5 Å². The van der Waals surface area contributed by atoms with Crippen molar-refractivity contribution in [3.05, 3.63) is 95.5 Å². The number of hydrogen-bond acceptors (Lipinski definition) is 5. The van der Waals surface area contributed by atoms with Crippen LogP contribution in [-0.4, -0.2) is 27.6 Å². The predicted molar refractivity (Wildman–Crippen MR) is 135 cm³/mol. The summed E-state index contributed by atoms with van der Waals surface area (Å²) in [6.07, 6.45) is 4.95. The summed E-state index contributed by atoms with van der Waals surface area (Å²) >= 11 is 1.39. The Labute approximate surface area is 206 Å². The second-order valence-electron chi connectivity index (χ2n) is 8.10. The van der Waals surface area contributed by atoms with Crippen molar-refractivity contribution in [2.24, 2.45) is 0 Å². The maximum Gasteiger partial charge on any atom is 0.303 e. The lowest BCUT2D eigenvalue weighted by Crippen LogP contribution is -2.15. The van der Waals surface area contributed by atoms with E-state index >= 15 is 0 Å². The number of aromatic nitrogens is 2. The van der Waals surface area contributed by atoms with Crippen molar-refractivity contribution in [2.45, 2.75) is 24.8 Å². The van der Waals surface area contributed by atoms with Gasteiger partial charge >= 0.3 is 5.97 Å². The molecule has 0 radical (unpaired) electrons. The van der Waals surface area contributed by atoms with E-state index in [4.69, 9.17) is 10.1 Å². The Morgan fingerprint density at radius 1 is 1.06 bits per heavy atom. The number of allylic oxidation sites excluding steroid dienone is 2. The summed E-state index contributed by atoms with van der Waals surface area (Å²) in [6, 6.07) is 19.3. The van der Waals surface area contributed by atoms with Gasteiger partial charge in [-0.1, -0.05) is 59.9 Å². The van der Waals surface area contributed by atoms with E-state index < -0.39 is 5.97 Å². The molecular formula is C26H23ClFN3O2S. The Balaban J connectivity index is 0.00000274. The molecule has 0 saturated heterocycles. The quantitative estimate of drug-likeness (QED) is 0.229. The second kappa shape index (κ2) is 10.0. The van der Waals surface area contributed by atoms with Gasteiger partial charge in [-0.2, -0.15) is 0 Å². The van der Waals surface area contributed by atoms with Crippen LogP contribution in [0.5, 0.6) is 0 Å². The Morgan fingerprint density at radius 2 is 1.85 bits per heavy atom. The van der Waals surface area contributed by atoms with Gasteiger partial charge in [-0.25, -0.2) is 14.4 Å². The normalized spacial score (nSPS) is 13.6. The zero-order valence-corrected chi connectivity index (χ0v) is 19.8. The van der Waals surface area contributed by atoms with E-state index in [2.05, 4.69) is 34.6 Å². The maximum absolute atomic E-state index is 14.9. The minimum Gasteiger partial charge on any atom is -0.481 e. The Bertz CT molecular complexity index is 1350. The van der Waals surface area contributed by atoms with Gasteiger partial charge in [0.1, 0.15) is 21.2 Å². The number of hydrogen-bond donors (Lipinski definition) is 2. The smallest absolute Gasteiger partial charge is 0.303 e. The molecule has 5 nitrogen and oxygen atoms in total. The van der Waals surface area contributed by atoms with Crippen LogP contribution in [0.2, 0.25) is 0 Å². The van der Waals surface area contributed by atoms with Crippen LogP contribution in [0.3, 0.4) is 0 Å². The van der Waals surface area contributed by atoms with E-state index in [0.717, 1.165) is 21.6 Å². The van der Waals surface area contributed by atoms with Gasteiger partial charge in [0.25, 0.3) is 0 Å². The number of thiazole rings is 1. The number of nitrogens with one attached hydrogen (secondary N) is 1. The first-order valence-corrected chi connectivity index (χ1v) is 11.6. The van der Waals surface area contributed by atoms with E-state index in [1.807, 2.05) is 36.4 Å². The van der Waals surface area contributed by atoms with Gasteiger partial charge in [-0.15, -0.1) is 12.4 Å². The monoisotopic (exact) mass is 495 g/mol. The maximum atomic E-state index is 14.9. The molecule has 0 unspecified atom stereocenters. The van der Waals surface area contributed by atoms with Crippen LogP contribution in [0.1, 0.15) is 29.7 Å². The molecule has 0 amide bonds. The summed E-state index contributed by atoms with van der Waals surface area (Å²) in [5.74, 6) is -1.14. The largest absolute Gasteiger partial charge is 0.481 e. The number of carboxylic acid groups (broad SMARTS) is 1. The Morgan fingerprint density at radius 3 is 2.56 bits per heavy atom. The highest BCUT2D eigenvalue weighted by Gasteiger charge is 2.39. The van der Waals surface area contributed by atoms with Crippen molar-refractivity contribution in [2.75, 3.05) is 6.54 Å². The van der Waals surface area contributed by atoms with Crippen LogP contribution in [0, 0.1) is 5.82 Å². The van der Waals surface area contributed by atoms with Crippen LogP contribution in [0.25, 0.3) is 20.9 Å². The fraction of sp³-hybridized carbons (Fsp3) is 0.192. The molecule has 0 bridgehead atoms. The number of nitrogens with zero attached hydrogens (tertiary/aromatic N) is 2. The van der Waals surface area contributed by atoms with Gasteiger partial charge in [0.05, 0.1) is 11.1 Å². The summed E-state index contributed by atoms with van der Waals surface area (Å²) < 4.78 is 14.9. The molecule has 5 rings (SSSR count). The first kappa shape index (κ1) is 24.0. The molecule has 174 valence electrons. The first-order chi connectivity index (χ1) is 16.0. The topological polar surface area (TPSA) is 75.1 Å². The zero-order chi connectivity index (χ0) is 22.8. The third-order valence-corrected chi connectivity index (χ3v) is 6.77. The summed E-state index contributed by atoms with van der Waals surface area (Å²) in [5, 5.41) is 12.4. The number of carbonyl (C=O) groups is 1. The number of aliphatic carboxylic acids is 1. The van der Waals surface area contributed by atoms with Crippen LogP contribution >= 0.6 is 23.7 Å². The van der Waals surface area contributed by atoms with E-state index in [-0.39, 0.29) is 30.1 Å². The third kappa shape index (κ3) is 4.87. The molecule has 0 aliphatic heterocycles. The lowest BCUT2D eigenvalue weighted by atomic mass is 9.89. The van der Waals surface area contributed by atoms with Gasteiger partial charge in [0.2, 0.25) is 0 Å². The minimum atomic E-state index is -0.812. The number of carboxylic acids is 1. The Hall–Kier alpha value is -3.13. The van der Waals surface area contributed by atoms with E-state index in [1.165, 1.54) is 23.0 Å². The third-order valence-electron chi connectivity index (χ3n) is 5.77. The predicted octanol–water partition coefficient (Wildman–Crippen LogP) is 5.73. The van der Waals surface area contributed by atoms with Crippen LogP contribution < -0.4 is 5.32 Å². The fourth-order valence-corrected chi connectivity index (χ4v) is 4.88. The molecule has 1 aliphatic carbocycles. The lowest BCUT2D eigenvalue weighted by molar-refractivity contribution is -0.137. The molecule has 0 saturated carbocycles. The molecule has 2 aromatic heterocycles. The van der Waals surface area contributed by atoms with Crippen molar-refractivity contribution in [1.29, 1.82) is 0 Å². The van der Waals surface area contributed by atoms with E-state index in [0.29, 0.717) is 30.1 Å². The number of pyridine rings is 1. The highest BCUT2D eigenvalue weighted by Crippen LogP contribution is 2.45. The molecule has 2 aromatic carbocycles. The number of fused-ring (bicyclic) bond motifs is 1. The highest BCUT2D eigenvalue weighted by molar-refractivity contribution is 7.21. The lowest BCUT2D eigenvalue weighted by Gasteiger charge is -2.15. The molecule has 0 atom stereocenters. The fourth-order valence-electron chi connectivity index (χ4n) is 3.91. The minimum absolute atomic E-state index is 0. The number of halogens is 2. The summed E-state index contributed by atoms with van der Waals surface area (Å²) in [4.78, 5) is 20.8. The standard InChI is InChI=1S/C26H22FN3O2S.ClH/c27-20-15-17(16-28-14-4-7-23(31)32)8-9-19(20)24-29-21-10-11-22(30-25(21)33-24)26(12-13-26)18-5-2-1-3-6-18;/h1-3,5-6,8-13,15,28H,4,7,14,16H2,(H,31,32);1H. The number of benzene rings is 2. The van der Waals surface area contributed by atoms with Crippen molar-refractivity contribution in [1.82, 2.24) is 15.3 Å². The van der Waals surface area contributed by atoms with Gasteiger partial charge in [-0.3, -0.25) is 4.79 Å². The van der Waals surface area contributed by atoms with Crippen molar-refractivity contribution in [3.8, 4) is 10.6 Å². The SMILES string of the molecule is Cl.O=C(O)CCCNCc1ccc(-c2nc3ccc(C4(c5ccccc5)C=C4)nc3s2)c(F)c1. The first-order valence-electron chi connectivity index (χ1n) is 10.8. The van der Waals surface area contributed by atoms with Crippen molar-refractivity contribution >= 4 is 40.1 Å². The molecule has 34 heavy (non-hydrogen) atoms. The van der Waals surface area contributed by atoms with E-state index in [9.17, 15) is 9.18 Å². The summed E-state index contributed by atoms with van der Waals surface area (Å²) in [6.45, 7) is 1.05.